The predicted octanol–water partition coefficient (Wildman–Crippen LogP) is 7.11. The summed E-state index contributed by atoms with van der Waals surface area (Å²) in [6.45, 7) is 17.1. The molecule has 0 aliphatic carbocycles. The maximum absolute atomic E-state index is 2.33. The zero-order valence-corrected chi connectivity index (χ0v) is 15.1. The smallest absolute Gasteiger partial charge is 0.0297 e. The monoisotopic (exact) mass is 276 g/mol. The second kappa shape index (κ2) is 14.4. The normalized spacial score (nSPS) is 11.7. The van der Waals surface area contributed by atoms with Crippen molar-refractivity contribution in [1.82, 2.24) is 0 Å². The summed E-state index contributed by atoms with van der Waals surface area (Å²) >= 11 is 0. The molecule has 1 aromatic rings. The fourth-order valence-corrected chi connectivity index (χ4v) is 1.90. The molecule has 0 fully saturated rings. The summed E-state index contributed by atoms with van der Waals surface area (Å²) in [5.41, 5.74) is 4.19. The Hall–Kier alpha value is -1.04. The van der Waals surface area contributed by atoms with E-state index in [1.807, 2.05) is 13.8 Å². The molecule has 0 bridgehead atoms. The van der Waals surface area contributed by atoms with Gasteiger partial charge in [-0.05, 0) is 40.0 Å². The van der Waals surface area contributed by atoms with Crippen molar-refractivity contribution in [1.29, 1.82) is 0 Å². The lowest BCUT2D eigenvalue weighted by Gasteiger charge is -2.08. The Labute approximate surface area is 128 Å². The molecular formula is C20H36. The molecule has 0 aliphatic rings. The van der Waals surface area contributed by atoms with E-state index in [2.05, 4.69) is 71.9 Å². The minimum atomic E-state index is 0.876. The Morgan fingerprint density at radius 2 is 1.45 bits per heavy atom. The van der Waals surface area contributed by atoms with Crippen LogP contribution in [-0.4, -0.2) is 0 Å². The minimum Gasteiger partial charge on any atom is -0.0887 e. The van der Waals surface area contributed by atoms with Gasteiger partial charge in [0.15, 0.2) is 0 Å². The molecule has 20 heavy (non-hydrogen) atoms. The van der Waals surface area contributed by atoms with Crippen molar-refractivity contribution in [2.45, 2.75) is 74.7 Å². The Morgan fingerprint density at radius 1 is 1.05 bits per heavy atom. The van der Waals surface area contributed by atoms with Gasteiger partial charge in [-0.2, -0.15) is 0 Å². The van der Waals surface area contributed by atoms with E-state index in [0.717, 1.165) is 5.92 Å². The summed E-state index contributed by atoms with van der Waals surface area (Å²) in [6.07, 6.45) is 6.18. The summed E-state index contributed by atoms with van der Waals surface area (Å²) in [6, 6.07) is 8.48. The van der Waals surface area contributed by atoms with Crippen molar-refractivity contribution in [3.63, 3.8) is 0 Å². The topological polar surface area (TPSA) is 0 Å². The van der Waals surface area contributed by atoms with Crippen LogP contribution in [0.1, 0.15) is 71.9 Å². The second-order valence-electron chi connectivity index (χ2n) is 5.39. The molecule has 1 unspecified atom stereocenters. The first kappa shape index (κ1) is 21.3. The molecule has 0 amide bonds. The molecule has 0 aliphatic heterocycles. The SMILES string of the molecule is C/C=C(/C)CC(C)CCC.CC.Cc1ccc(C)cc1. The quantitative estimate of drug-likeness (QED) is 0.514. The van der Waals surface area contributed by atoms with Crippen LogP contribution in [0.2, 0.25) is 0 Å². The number of aryl methyl sites for hydroxylation is 2. The fourth-order valence-electron chi connectivity index (χ4n) is 1.90. The van der Waals surface area contributed by atoms with Crippen LogP contribution in [0.3, 0.4) is 0 Å². The van der Waals surface area contributed by atoms with E-state index in [9.17, 15) is 0 Å². The van der Waals surface area contributed by atoms with E-state index in [0.29, 0.717) is 0 Å². The average Bonchev–Trinajstić information content (AvgIpc) is 2.45. The molecule has 0 saturated carbocycles. The molecule has 116 valence electrons. The van der Waals surface area contributed by atoms with Crippen LogP contribution in [-0.2, 0) is 0 Å². The molecule has 1 atom stereocenters. The van der Waals surface area contributed by atoms with Crippen LogP contribution in [0.15, 0.2) is 35.9 Å². The third-order valence-corrected chi connectivity index (χ3v) is 3.16. The van der Waals surface area contributed by atoms with Crippen LogP contribution < -0.4 is 0 Å². The van der Waals surface area contributed by atoms with Gasteiger partial charge in [0.2, 0.25) is 0 Å². The second-order valence-corrected chi connectivity index (χ2v) is 5.39. The molecule has 0 heterocycles. The van der Waals surface area contributed by atoms with Crippen molar-refractivity contribution in [2.24, 2.45) is 5.92 Å². The molecule has 0 N–H and O–H groups in total. The molecule has 0 heteroatoms. The van der Waals surface area contributed by atoms with Gasteiger partial charge < -0.3 is 0 Å². The van der Waals surface area contributed by atoms with Crippen molar-refractivity contribution >= 4 is 0 Å². The van der Waals surface area contributed by atoms with E-state index in [4.69, 9.17) is 0 Å². The van der Waals surface area contributed by atoms with Crippen LogP contribution in [0.5, 0.6) is 0 Å². The molecule has 0 saturated heterocycles. The standard InChI is InChI=1S/C10H20.C8H10.C2H6/c1-5-7-10(4)8-9(3)6-2;1-7-3-5-8(2)6-4-7;1-2/h6,10H,5,7-8H2,1-4H3;3-6H,1-2H3;1-2H3/b9-6-;;. The largest absolute Gasteiger partial charge is 0.0887 e. The van der Waals surface area contributed by atoms with Gasteiger partial charge >= 0.3 is 0 Å². The Kier molecular flexibility index (Phi) is 15.3. The van der Waals surface area contributed by atoms with Gasteiger partial charge in [0, 0.05) is 0 Å². The fraction of sp³-hybridized carbons (Fsp3) is 0.600. The van der Waals surface area contributed by atoms with E-state index >= 15 is 0 Å². The van der Waals surface area contributed by atoms with Gasteiger partial charge in [0.05, 0.1) is 0 Å². The lowest BCUT2D eigenvalue weighted by molar-refractivity contribution is 0.520. The Bertz CT molecular complexity index is 309. The van der Waals surface area contributed by atoms with Gasteiger partial charge in [-0.15, -0.1) is 0 Å². The van der Waals surface area contributed by atoms with Gasteiger partial charge in [0.25, 0.3) is 0 Å². The summed E-state index contributed by atoms with van der Waals surface area (Å²) in [5.74, 6) is 0.876. The van der Waals surface area contributed by atoms with Crippen LogP contribution >= 0.6 is 0 Å². The zero-order valence-electron chi connectivity index (χ0n) is 15.1. The van der Waals surface area contributed by atoms with Gasteiger partial charge in [-0.1, -0.05) is 87.6 Å². The minimum absolute atomic E-state index is 0.876. The summed E-state index contributed by atoms with van der Waals surface area (Å²) in [7, 11) is 0. The number of rotatable bonds is 4. The van der Waals surface area contributed by atoms with E-state index in [1.165, 1.54) is 36.0 Å². The number of hydrogen-bond donors (Lipinski definition) is 0. The van der Waals surface area contributed by atoms with Crippen molar-refractivity contribution in [3.8, 4) is 0 Å². The van der Waals surface area contributed by atoms with Crippen molar-refractivity contribution in [3.05, 3.63) is 47.0 Å². The molecule has 0 spiro atoms. The van der Waals surface area contributed by atoms with Crippen molar-refractivity contribution < 1.29 is 0 Å². The third-order valence-electron chi connectivity index (χ3n) is 3.16. The third kappa shape index (κ3) is 13.4. The number of allylic oxidation sites excluding steroid dienone is 2. The molecule has 1 rings (SSSR count). The average molecular weight is 277 g/mol. The lowest BCUT2D eigenvalue weighted by Crippen LogP contribution is -1.93. The van der Waals surface area contributed by atoms with Gasteiger partial charge in [-0.25, -0.2) is 0 Å². The van der Waals surface area contributed by atoms with E-state index < -0.39 is 0 Å². The van der Waals surface area contributed by atoms with Crippen molar-refractivity contribution in [2.75, 3.05) is 0 Å². The Balaban J connectivity index is 0. The molecular weight excluding hydrogens is 240 g/mol. The van der Waals surface area contributed by atoms with Crippen LogP contribution in [0.25, 0.3) is 0 Å². The maximum atomic E-state index is 2.33. The van der Waals surface area contributed by atoms with Gasteiger partial charge in [-0.3, -0.25) is 0 Å². The number of benzene rings is 1. The van der Waals surface area contributed by atoms with E-state index in [-0.39, 0.29) is 0 Å². The summed E-state index contributed by atoms with van der Waals surface area (Å²) < 4.78 is 0. The van der Waals surface area contributed by atoms with Gasteiger partial charge in [0.1, 0.15) is 0 Å². The lowest BCUT2D eigenvalue weighted by atomic mass is 9.98. The molecule has 0 nitrogen and oxygen atoms in total. The number of hydrogen-bond acceptors (Lipinski definition) is 0. The first-order valence-electron chi connectivity index (χ1n) is 8.14. The highest BCUT2D eigenvalue weighted by Crippen LogP contribution is 2.15. The molecule has 0 aromatic heterocycles. The Morgan fingerprint density at radius 3 is 1.75 bits per heavy atom. The van der Waals surface area contributed by atoms with Crippen LogP contribution in [0.4, 0.5) is 0 Å². The molecule has 0 radical (unpaired) electrons. The summed E-state index contributed by atoms with van der Waals surface area (Å²) in [4.78, 5) is 0. The first-order chi connectivity index (χ1) is 9.49. The van der Waals surface area contributed by atoms with E-state index in [1.54, 1.807) is 0 Å². The molecule has 1 aromatic carbocycles. The highest BCUT2D eigenvalue weighted by Gasteiger charge is 1.99. The van der Waals surface area contributed by atoms with Crippen LogP contribution in [0, 0.1) is 19.8 Å². The first-order valence-corrected chi connectivity index (χ1v) is 8.14. The maximum Gasteiger partial charge on any atom is -0.0297 e. The highest BCUT2D eigenvalue weighted by molar-refractivity contribution is 5.19. The highest BCUT2D eigenvalue weighted by atomic mass is 14.1. The predicted molar refractivity (Wildman–Crippen MR) is 95.4 cm³/mol. The zero-order chi connectivity index (χ0) is 16.0. The summed E-state index contributed by atoms with van der Waals surface area (Å²) in [5, 5.41) is 0.